The smallest absolute Gasteiger partial charge is 0.122 e. The van der Waals surface area contributed by atoms with E-state index in [0.717, 1.165) is 23.3 Å². The number of hydrogen-bond donors (Lipinski definition) is 1. The molecular formula is C16H24O2. The Morgan fingerprint density at radius 2 is 1.83 bits per heavy atom. The van der Waals surface area contributed by atoms with Crippen LogP contribution < -0.4 is 4.74 Å². The van der Waals surface area contributed by atoms with Crippen LogP contribution in [-0.4, -0.2) is 12.2 Å². The van der Waals surface area contributed by atoms with Crippen molar-refractivity contribution in [3.05, 3.63) is 23.3 Å². The average Bonchev–Trinajstić information content (AvgIpc) is 2.54. The lowest BCUT2D eigenvalue weighted by molar-refractivity contribution is 0.218. The summed E-state index contributed by atoms with van der Waals surface area (Å²) in [6.07, 6.45) is 3.55. The molecule has 2 heteroatoms. The van der Waals surface area contributed by atoms with Crippen LogP contribution in [0.25, 0.3) is 0 Å². The number of phenols is 1. The highest BCUT2D eigenvalue weighted by atomic mass is 16.5. The van der Waals surface area contributed by atoms with Gasteiger partial charge in [-0.05, 0) is 42.9 Å². The highest BCUT2D eigenvalue weighted by Gasteiger charge is 2.47. The first kappa shape index (κ1) is 13.3. The molecule has 0 unspecified atom stereocenters. The molecule has 0 aliphatic heterocycles. The summed E-state index contributed by atoms with van der Waals surface area (Å²) in [5.41, 5.74) is 2.26. The van der Waals surface area contributed by atoms with E-state index in [1.807, 2.05) is 19.1 Å². The van der Waals surface area contributed by atoms with Gasteiger partial charge in [-0.25, -0.2) is 0 Å². The van der Waals surface area contributed by atoms with Crippen molar-refractivity contribution in [3.63, 3.8) is 0 Å². The second kappa shape index (κ2) is 4.18. The summed E-state index contributed by atoms with van der Waals surface area (Å²) in [5.74, 6) is 1.28. The number of phenolic OH excluding ortho intramolecular Hbond substituents is 1. The fourth-order valence-electron chi connectivity index (χ4n) is 3.33. The van der Waals surface area contributed by atoms with Crippen molar-refractivity contribution in [1.29, 1.82) is 0 Å². The first-order chi connectivity index (χ1) is 8.32. The Hall–Kier alpha value is -1.18. The van der Waals surface area contributed by atoms with Gasteiger partial charge in [0.2, 0.25) is 0 Å². The summed E-state index contributed by atoms with van der Waals surface area (Å²) >= 11 is 0. The van der Waals surface area contributed by atoms with Crippen LogP contribution in [-0.2, 0) is 5.41 Å². The van der Waals surface area contributed by atoms with E-state index in [4.69, 9.17) is 4.74 Å². The topological polar surface area (TPSA) is 29.5 Å². The van der Waals surface area contributed by atoms with Gasteiger partial charge in [0.05, 0.1) is 7.11 Å². The molecule has 2 rings (SSSR count). The van der Waals surface area contributed by atoms with Crippen LogP contribution in [0.15, 0.2) is 12.1 Å². The number of hydrogen-bond acceptors (Lipinski definition) is 2. The van der Waals surface area contributed by atoms with Crippen molar-refractivity contribution < 1.29 is 9.84 Å². The van der Waals surface area contributed by atoms with Gasteiger partial charge in [-0.1, -0.05) is 27.2 Å². The van der Waals surface area contributed by atoms with E-state index in [2.05, 4.69) is 20.8 Å². The SMILES string of the molecule is COc1cc([C@@]2(C)CCCC2(C)C)c(O)cc1C. The van der Waals surface area contributed by atoms with Crippen LogP contribution in [0.5, 0.6) is 11.5 Å². The average molecular weight is 248 g/mol. The van der Waals surface area contributed by atoms with Gasteiger partial charge < -0.3 is 9.84 Å². The molecular weight excluding hydrogens is 224 g/mol. The van der Waals surface area contributed by atoms with Crippen molar-refractivity contribution >= 4 is 0 Å². The maximum Gasteiger partial charge on any atom is 0.122 e. The minimum absolute atomic E-state index is 0.0259. The van der Waals surface area contributed by atoms with Crippen LogP contribution in [0.1, 0.15) is 51.2 Å². The zero-order valence-electron chi connectivity index (χ0n) is 12.1. The third-order valence-corrected chi connectivity index (χ3v) is 5.08. The van der Waals surface area contributed by atoms with Crippen molar-refractivity contribution in [2.75, 3.05) is 7.11 Å². The molecule has 1 aliphatic rings. The third-order valence-electron chi connectivity index (χ3n) is 5.08. The Morgan fingerprint density at radius 1 is 1.17 bits per heavy atom. The predicted molar refractivity (Wildman–Crippen MR) is 74.4 cm³/mol. The van der Waals surface area contributed by atoms with Crippen LogP contribution in [0.2, 0.25) is 0 Å². The van der Waals surface area contributed by atoms with Gasteiger partial charge in [0, 0.05) is 11.0 Å². The van der Waals surface area contributed by atoms with Gasteiger partial charge in [-0.3, -0.25) is 0 Å². The lowest BCUT2D eigenvalue weighted by Gasteiger charge is -2.39. The van der Waals surface area contributed by atoms with Crippen LogP contribution in [0.4, 0.5) is 0 Å². The normalized spacial score (nSPS) is 26.3. The molecule has 1 N–H and O–H groups in total. The number of methoxy groups -OCH3 is 1. The minimum atomic E-state index is 0.0259. The zero-order chi connectivity index (χ0) is 13.6. The first-order valence-electron chi connectivity index (χ1n) is 6.70. The molecule has 1 atom stereocenters. The monoisotopic (exact) mass is 248 g/mol. The summed E-state index contributed by atoms with van der Waals surface area (Å²) < 4.78 is 5.40. The number of aryl methyl sites for hydroxylation is 1. The molecule has 0 amide bonds. The quantitative estimate of drug-likeness (QED) is 0.851. The third kappa shape index (κ3) is 1.79. The summed E-state index contributed by atoms with van der Waals surface area (Å²) in [7, 11) is 1.69. The molecule has 18 heavy (non-hydrogen) atoms. The van der Waals surface area contributed by atoms with Gasteiger partial charge in [0.15, 0.2) is 0 Å². The summed E-state index contributed by atoms with van der Waals surface area (Å²) in [4.78, 5) is 0. The van der Waals surface area contributed by atoms with Crippen LogP contribution in [0, 0.1) is 12.3 Å². The number of ether oxygens (including phenoxy) is 1. The van der Waals surface area contributed by atoms with E-state index < -0.39 is 0 Å². The molecule has 0 heterocycles. The van der Waals surface area contributed by atoms with Crippen molar-refractivity contribution in [2.24, 2.45) is 5.41 Å². The molecule has 0 bridgehead atoms. The minimum Gasteiger partial charge on any atom is -0.508 e. The Labute approximate surface area is 110 Å². The fourth-order valence-corrected chi connectivity index (χ4v) is 3.33. The Balaban J connectivity index is 2.57. The molecule has 0 saturated heterocycles. The zero-order valence-corrected chi connectivity index (χ0v) is 12.1. The lowest BCUT2D eigenvalue weighted by atomic mass is 9.65. The molecule has 1 saturated carbocycles. The Kier molecular flexibility index (Phi) is 3.08. The number of rotatable bonds is 2. The van der Waals surface area contributed by atoms with Crippen molar-refractivity contribution in [3.8, 4) is 11.5 Å². The largest absolute Gasteiger partial charge is 0.508 e. The van der Waals surface area contributed by atoms with E-state index in [9.17, 15) is 5.11 Å². The molecule has 1 aromatic rings. The second-order valence-corrected chi connectivity index (χ2v) is 6.41. The van der Waals surface area contributed by atoms with E-state index in [1.165, 1.54) is 12.8 Å². The molecule has 0 radical (unpaired) electrons. The molecule has 0 aromatic heterocycles. The van der Waals surface area contributed by atoms with Crippen LogP contribution >= 0.6 is 0 Å². The molecule has 0 spiro atoms. The summed E-state index contributed by atoms with van der Waals surface area (Å²) in [6, 6.07) is 3.85. The van der Waals surface area contributed by atoms with Gasteiger partial charge in [0.1, 0.15) is 11.5 Å². The molecule has 2 nitrogen and oxygen atoms in total. The second-order valence-electron chi connectivity index (χ2n) is 6.41. The maximum atomic E-state index is 10.3. The maximum absolute atomic E-state index is 10.3. The Bertz CT molecular complexity index is 462. The van der Waals surface area contributed by atoms with Gasteiger partial charge >= 0.3 is 0 Å². The first-order valence-corrected chi connectivity index (χ1v) is 6.70. The van der Waals surface area contributed by atoms with Gasteiger partial charge in [-0.2, -0.15) is 0 Å². The van der Waals surface area contributed by atoms with Crippen molar-refractivity contribution in [1.82, 2.24) is 0 Å². The molecule has 1 aromatic carbocycles. The molecule has 100 valence electrons. The lowest BCUT2D eigenvalue weighted by Crippen LogP contribution is -2.34. The van der Waals surface area contributed by atoms with Crippen LogP contribution in [0.3, 0.4) is 0 Å². The van der Waals surface area contributed by atoms with E-state index in [-0.39, 0.29) is 10.8 Å². The highest BCUT2D eigenvalue weighted by molar-refractivity contribution is 5.49. The van der Waals surface area contributed by atoms with Gasteiger partial charge in [0.25, 0.3) is 0 Å². The standard InChI is InChI=1S/C16H24O2/c1-11-9-13(17)12(10-14(11)18-5)16(4)8-6-7-15(16,2)3/h9-10,17H,6-8H2,1-5H3/t16-/m1/s1. The summed E-state index contributed by atoms with van der Waals surface area (Å²) in [6.45, 7) is 8.83. The van der Waals surface area contributed by atoms with E-state index in [0.29, 0.717) is 5.75 Å². The number of benzene rings is 1. The van der Waals surface area contributed by atoms with Crippen molar-refractivity contribution in [2.45, 2.75) is 52.4 Å². The predicted octanol–water partition coefficient (Wildman–Crippen LogP) is 4.18. The van der Waals surface area contributed by atoms with Gasteiger partial charge in [-0.15, -0.1) is 0 Å². The fraction of sp³-hybridized carbons (Fsp3) is 0.625. The van der Waals surface area contributed by atoms with E-state index in [1.54, 1.807) is 7.11 Å². The molecule has 1 fully saturated rings. The van der Waals surface area contributed by atoms with E-state index >= 15 is 0 Å². The highest BCUT2D eigenvalue weighted by Crippen LogP contribution is 2.56. The summed E-state index contributed by atoms with van der Waals surface area (Å²) in [5, 5.41) is 10.3. The number of aromatic hydroxyl groups is 1. The Morgan fingerprint density at radius 3 is 2.33 bits per heavy atom. The molecule has 1 aliphatic carbocycles.